The number of aliphatic carboxylic acids is 1. The van der Waals surface area contributed by atoms with Gasteiger partial charge in [-0.3, -0.25) is 14.2 Å². The third-order valence-electron chi connectivity index (χ3n) is 2.75. The van der Waals surface area contributed by atoms with E-state index in [1.54, 1.807) is 24.3 Å². The van der Waals surface area contributed by atoms with Crippen molar-refractivity contribution in [1.29, 1.82) is 0 Å². The molecule has 1 aromatic carbocycles. The zero-order chi connectivity index (χ0) is 14.1. The summed E-state index contributed by atoms with van der Waals surface area (Å²) in [6.45, 7) is -0.497. The van der Waals surface area contributed by atoms with Gasteiger partial charge in [-0.1, -0.05) is 30.3 Å². The molecule has 0 saturated heterocycles. The number of hydrogen-bond donors (Lipinski definition) is 1. The molecule has 100 valence electrons. The van der Waals surface area contributed by atoms with Crippen LogP contribution in [0.1, 0.15) is 0 Å². The quantitative estimate of drug-likeness (QED) is 0.721. The Hall–Kier alpha value is -3.03. The minimum absolute atomic E-state index is 0.0945. The molecular formula is C12H9N5O3. The highest BCUT2D eigenvalue weighted by atomic mass is 16.4. The Morgan fingerprint density at radius 2 is 2.00 bits per heavy atom. The van der Waals surface area contributed by atoms with E-state index in [2.05, 4.69) is 15.3 Å². The molecule has 0 aliphatic rings. The van der Waals surface area contributed by atoms with Gasteiger partial charge in [0.15, 0.2) is 5.69 Å². The molecular weight excluding hydrogens is 262 g/mol. The summed E-state index contributed by atoms with van der Waals surface area (Å²) >= 11 is 0. The Balaban J connectivity index is 2.31. The summed E-state index contributed by atoms with van der Waals surface area (Å²) in [4.78, 5) is 23.3. The van der Waals surface area contributed by atoms with Gasteiger partial charge in [0.25, 0.3) is 11.3 Å². The molecule has 8 heteroatoms. The van der Waals surface area contributed by atoms with E-state index in [4.69, 9.17) is 5.11 Å². The fraction of sp³-hybridized carbons (Fsp3) is 0.0833. The number of carboxylic acids is 1. The summed E-state index contributed by atoms with van der Waals surface area (Å²) in [5.41, 5.74) is 0.241. The molecule has 0 bridgehead atoms. The second-order valence-corrected chi connectivity index (χ2v) is 4.08. The van der Waals surface area contributed by atoms with E-state index in [0.29, 0.717) is 5.56 Å². The lowest BCUT2D eigenvalue weighted by atomic mass is 10.2. The predicted octanol–water partition coefficient (Wildman–Crippen LogP) is 0.0376. The van der Waals surface area contributed by atoms with Crippen molar-refractivity contribution in [2.24, 2.45) is 0 Å². The van der Waals surface area contributed by atoms with E-state index in [-0.39, 0.29) is 11.5 Å². The molecule has 0 radical (unpaired) electrons. The highest BCUT2D eigenvalue weighted by Gasteiger charge is 2.15. The summed E-state index contributed by atoms with van der Waals surface area (Å²) < 4.78 is 2.32. The third kappa shape index (κ3) is 1.92. The van der Waals surface area contributed by atoms with Crippen molar-refractivity contribution in [2.45, 2.75) is 6.54 Å². The number of benzene rings is 1. The molecule has 0 fully saturated rings. The first-order valence-corrected chi connectivity index (χ1v) is 5.75. The zero-order valence-corrected chi connectivity index (χ0v) is 10.2. The summed E-state index contributed by atoms with van der Waals surface area (Å²) in [5.74, 6) is -1.04. The van der Waals surface area contributed by atoms with Crippen molar-refractivity contribution in [3.05, 3.63) is 47.0 Å². The number of hydrogen-bond acceptors (Lipinski definition) is 5. The Morgan fingerprint density at radius 3 is 2.70 bits per heavy atom. The molecule has 3 rings (SSSR count). The fourth-order valence-corrected chi connectivity index (χ4v) is 1.90. The van der Waals surface area contributed by atoms with E-state index in [1.807, 2.05) is 6.07 Å². The molecule has 0 unspecified atom stereocenters. The SMILES string of the molecule is O=C(O)Cn1c(=O)c(-c2ccccc2)nn2cnnc12. The summed E-state index contributed by atoms with van der Waals surface area (Å²) in [6, 6.07) is 8.81. The Bertz CT molecular complexity index is 837. The van der Waals surface area contributed by atoms with Gasteiger partial charge in [0.05, 0.1) is 0 Å². The van der Waals surface area contributed by atoms with Crippen LogP contribution in [0, 0.1) is 0 Å². The standard InChI is InChI=1S/C12H9N5O3/c18-9(19)6-16-11(20)10(8-4-2-1-3-5-8)15-17-7-13-14-12(16)17/h1-5,7H,6H2,(H,18,19). The van der Waals surface area contributed by atoms with E-state index in [1.165, 1.54) is 10.8 Å². The van der Waals surface area contributed by atoms with Gasteiger partial charge in [-0.15, -0.1) is 10.2 Å². The predicted molar refractivity (Wildman–Crippen MR) is 68.1 cm³/mol. The highest BCUT2D eigenvalue weighted by molar-refractivity contribution is 5.68. The smallest absolute Gasteiger partial charge is 0.323 e. The summed E-state index contributed by atoms with van der Waals surface area (Å²) in [5, 5.41) is 20.4. The maximum absolute atomic E-state index is 12.4. The number of aromatic nitrogens is 5. The normalized spacial score (nSPS) is 10.8. The van der Waals surface area contributed by atoms with Crippen LogP contribution in [0.4, 0.5) is 0 Å². The number of carbonyl (C=O) groups is 1. The zero-order valence-electron chi connectivity index (χ0n) is 10.2. The van der Waals surface area contributed by atoms with Crippen molar-refractivity contribution < 1.29 is 9.90 Å². The topological polar surface area (TPSA) is 102 Å². The van der Waals surface area contributed by atoms with Crippen LogP contribution in [-0.4, -0.2) is 35.5 Å². The monoisotopic (exact) mass is 271 g/mol. The van der Waals surface area contributed by atoms with Crippen LogP contribution in [0.3, 0.4) is 0 Å². The van der Waals surface area contributed by atoms with Crippen molar-refractivity contribution >= 4 is 11.7 Å². The lowest BCUT2D eigenvalue weighted by Crippen LogP contribution is -2.29. The molecule has 0 amide bonds. The maximum Gasteiger partial charge on any atom is 0.323 e. The van der Waals surface area contributed by atoms with E-state index in [9.17, 15) is 9.59 Å². The molecule has 20 heavy (non-hydrogen) atoms. The van der Waals surface area contributed by atoms with Crippen LogP contribution >= 0.6 is 0 Å². The Labute approximate surface area is 111 Å². The summed E-state index contributed by atoms with van der Waals surface area (Å²) in [6.07, 6.45) is 1.32. The summed E-state index contributed by atoms with van der Waals surface area (Å²) in [7, 11) is 0. The number of fused-ring (bicyclic) bond motifs is 1. The average molecular weight is 271 g/mol. The fourth-order valence-electron chi connectivity index (χ4n) is 1.90. The minimum atomic E-state index is -1.14. The first-order chi connectivity index (χ1) is 9.66. The Morgan fingerprint density at radius 1 is 1.25 bits per heavy atom. The molecule has 2 aromatic heterocycles. The van der Waals surface area contributed by atoms with Gasteiger partial charge in [-0.25, -0.2) is 0 Å². The van der Waals surface area contributed by atoms with Crippen molar-refractivity contribution in [3.8, 4) is 11.3 Å². The lowest BCUT2D eigenvalue weighted by molar-refractivity contribution is -0.137. The van der Waals surface area contributed by atoms with Gasteiger partial charge >= 0.3 is 5.97 Å². The van der Waals surface area contributed by atoms with Crippen molar-refractivity contribution in [3.63, 3.8) is 0 Å². The maximum atomic E-state index is 12.4. The molecule has 2 heterocycles. The molecule has 0 aliphatic carbocycles. The van der Waals surface area contributed by atoms with E-state index < -0.39 is 18.1 Å². The second kappa shape index (κ2) is 4.57. The van der Waals surface area contributed by atoms with Gasteiger partial charge in [0.1, 0.15) is 12.9 Å². The molecule has 0 spiro atoms. The Kier molecular flexibility index (Phi) is 2.75. The van der Waals surface area contributed by atoms with Gasteiger partial charge in [0, 0.05) is 5.56 Å². The van der Waals surface area contributed by atoms with Crippen LogP contribution in [0.15, 0.2) is 41.5 Å². The van der Waals surface area contributed by atoms with Crippen molar-refractivity contribution in [1.82, 2.24) is 24.4 Å². The lowest BCUT2D eigenvalue weighted by Gasteiger charge is -2.06. The van der Waals surface area contributed by atoms with Crippen LogP contribution < -0.4 is 5.56 Å². The largest absolute Gasteiger partial charge is 0.480 e. The van der Waals surface area contributed by atoms with Crippen molar-refractivity contribution in [2.75, 3.05) is 0 Å². The van der Waals surface area contributed by atoms with Gasteiger partial charge < -0.3 is 5.11 Å². The highest BCUT2D eigenvalue weighted by Crippen LogP contribution is 2.12. The van der Waals surface area contributed by atoms with Crippen LogP contribution in [0.2, 0.25) is 0 Å². The molecule has 0 atom stereocenters. The first-order valence-electron chi connectivity index (χ1n) is 5.75. The third-order valence-corrected chi connectivity index (χ3v) is 2.75. The van der Waals surface area contributed by atoms with Gasteiger partial charge in [-0.2, -0.15) is 9.61 Å². The first kappa shape index (κ1) is 12.0. The van der Waals surface area contributed by atoms with Crippen LogP contribution in [-0.2, 0) is 11.3 Å². The minimum Gasteiger partial charge on any atom is -0.480 e. The van der Waals surface area contributed by atoms with E-state index in [0.717, 1.165) is 4.57 Å². The van der Waals surface area contributed by atoms with E-state index >= 15 is 0 Å². The molecule has 8 nitrogen and oxygen atoms in total. The molecule has 3 aromatic rings. The number of rotatable bonds is 3. The van der Waals surface area contributed by atoms with Crippen LogP contribution in [0.5, 0.6) is 0 Å². The average Bonchev–Trinajstić information content (AvgIpc) is 2.90. The molecule has 0 saturated carbocycles. The molecule has 1 N–H and O–H groups in total. The van der Waals surface area contributed by atoms with Crippen LogP contribution in [0.25, 0.3) is 17.0 Å². The number of nitrogens with zero attached hydrogens (tertiary/aromatic N) is 5. The van der Waals surface area contributed by atoms with Gasteiger partial charge in [-0.05, 0) is 0 Å². The molecule has 0 aliphatic heterocycles. The van der Waals surface area contributed by atoms with Gasteiger partial charge in [0.2, 0.25) is 0 Å². The number of carboxylic acid groups (broad SMARTS) is 1. The second-order valence-electron chi connectivity index (χ2n) is 4.08.